The predicted molar refractivity (Wildman–Crippen MR) is 119 cm³/mol. The van der Waals surface area contributed by atoms with Crippen molar-refractivity contribution < 1.29 is 9.47 Å². The first-order chi connectivity index (χ1) is 12.3. The van der Waals surface area contributed by atoms with E-state index in [1.54, 1.807) is 7.11 Å². The number of guanidine groups is 1. The molecule has 26 heavy (non-hydrogen) atoms. The number of morpholine rings is 1. The monoisotopic (exact) mass is 482 g/mol. The summed E-state index contributed by atoms with van der Waals surface area (Å²) in [6, 6.07) is 0. The number of ether oxygens (including phenoxy) is 2. The van der Waals surface area contributed by atoms with Gasteiger partial charge in [-0.2, -0.15) is 0 Å². The highest BCUT2D eigenvalue weighted by Crippen LogP contribution is 2.33. The van der Waals surface area contributed by atoms with E-state index in [0.717, 1.165) is 64.8 Å². The summed E-state index contributed by atoms with van der Waals surface area (Å²) in [5, 5.41) is 7.07. The first kappa shape index (κ1) is 23.9. The summed E-state index contributed by atoms with van der Waals surface area (Å²) in [7, 11) is 3.63. The van der Waals surface area contributed by atoms with Gasteiger partial charge in [0.15, 0.2) is 5.96 Å². The van der Waals surface area contributed by atoms with Gasteiger partial charge in [-0.25, -0.2) is 0 Å². The van der Waals surface area contributed by atoms with E-state index in [1.807, 2.05) is 7.05 Å². The third kappa shape index (κ3) is 7.86. The smallest absolute Gasteiger partial charge is 0.191 e. The Bertz CT molecular complexity index is 384. The van der Waals surface area contributed by atoms with Crippen LogP contribution in [0.3, 0.4) is 0 Å². The molecule has 0 atom stereocenters. The number of unbranched alkanes of at least 4 members (excludes halogenated alkanes) is 2. The fourth-order valence-electron chi connectivity index (χ4n) is 4.08. The molecule has 0 bridgehead atoms. The fraction of sp³-hybridized carbons (Fsp3) is 0.947. The van der Waals surface area contributed by atoms with Gasteiger partial charge in [-0.15, -0.1) is 24.0 Å². The third-order valence-electron chi connectivity index (χ3n) is 5.59. The zero-order valence-electron chi connectivity index (χ0n) is 16.7. The fourth-order valence-corrected chi connectivity index (χ4v) is 4.08. The van der Waals surface area contributed by atoms with E-state index in [0.29, 0.717) is 0 Å². The van der Waals surface area contributed by atoms with E-state index in [9.17, 15) is 0 Å². The minimum atomic E-state index is 0. The SMILES string of the molecule is CN=C(NCCCCCOC)NCC1(N2CCOCC2)CCCCC1.I. The quantitative estimate of drug-likeness (QED) is 0.229. The number of methoxy groups -OCH3 is 1. The maximum Gasteiger partial charge on any atom is 0.191 e. The molecule has 2 N–H and O–H groups in total. The first-order valence-corrected chi connectivity index (χ1v) is 10.1. The van der Waals surface area contributed by atoms with Gasteiger partial charge in [-0.05, 0) is 32.1 Å². The molecule has 1 heterocycles. The number of aliphatic imine (C=N–C) groups is 1. The zero-order chi connectivity index (χ0) is 17.8. The molecule has 2 rings (SSSR count). The normalized spacial score (nSPS) is 21.1. The van der Waals surface area contributed by atoms with E-state index in [4.69, 9.17) is 9.47 Å². The molecular formula is C19H39IN4O2. The lowest BCUT2D eigenvalue weighted by atomic mass is 9.80. The van der Waals surface area contributed by atoms with Crippen molar-refractivity contribution in [3.8, 4) is 0 Å². The number of rotatable bonds is 9. The van der Waals surface area contributed by atoms with Crippen molar-refractivity contribution in [2.45, 2.75) is 56.9 Å². The zero-order valence-corrected chi connectivity index (χ0v) is 19.1. The molecule has 0 aromatic rings. The van der Waals surface area contributed by atoms with Crippen molar-refractivity contribution in [3.05, 3.63) is 0 Å². The van der Waals surface area contributed by atoms with Gasteiger partial charge in [-0.3, -0.25) is 9.89 Å². The van der Waals surface area contributed by atoms with Crippen molar-refractivity contribution >= 4 is 29.9 Å². The van der Waals surface area contributed by atoms with Crippen LogP contribution < -0.4 is 10.6 Å². The lowest BCUT2D eigenvalue weighted by Crippen LogP contribution is -2.60. The number of halogens is 1. The van der Waals surface area contributed by atoms with Crippen LogP contribution in [0.15, 0.2) is 4.99 Å². The molecule has 7 heteroatoms. The second kappa shape index (κ2) is 14.0. The average Bonchev–Trinajstić information content (AvgIpc) is 2.68. The molecule has 1 aliphatic carbocycles. The van der Waals surface area contributed by atoms with Crippen LogP contribution in [0.25, 0.3) is 0 Å². The van der Waals surface area contributed by atoms with Gasteiger partial charge in [0, 0.05) is 52.5 Å². The molecule has 2 aliphatic rings. The summed E-state index contributed by atoms with van der Waals surface area (Å²) in [6.45, 7) is 6.67. The van der Waals surface area contributed by atoms with Gasteiger partial charge in [0.25, 0.3) is 0 Å². The summed E-state index contributed by atoms with van der Waals surface area (Å²) < 4.78 is 10.7. The maximum absolute atomic E-state index is 5.57. The Balaban J connectivity index is 0.00000338. The van der Waals surface area contributed by atoms with Gasteiger partial charge in [0.1, 0.15) is 0 Å². The predicted octanol–water partition coefficient (Wildman–Crippen LogP) is 2.62. The van der Waals surface area contributed by atoms with E-state index in [-0.39, 0.29) is 29.5 Å². The standard InChI is InChI=1S/C19H38N4O2.HI/c1-20-18(21-11-7-4-8-14-24-2)22-17-19(9-5-3-6-10-19)23-12-15-25-16-13-23;/h3-17H2,1-2H3,(H2,20,21,22);1H. The van der Waals surface area contributed by atoms with Gasteiger partial charge < -0.3 is 20.1 Å². The van der Waals surface area contributed by atoms with Crippen molar-refractivity contribution in [1.82, 2.24) is 15.5 Å². The van der Waals surface area contributed by atoms with E-state index < -0.39 is 0 Å². The molecule has 0 radical (unpaired) electrons. The molecule has 0 aromatic heterocycles. The van der Waals surface area contributed by atoms with E-state index in [2.05, 4.69) is 20.5 Å². The molecular weight excluding hydrogens is 443 g/mol. The molecule has 6 nitrogen and oxygen atoms in total. The Kier molecular flexibility index (Phi) is 12.8. The second-order valence-electron chi connectivity index (χ2n) is 7.29. The van der Waals surface area contributed by atoms with Crippen molar-refractivity contribution in [2.75, 3.05) is 60.2 Å². The minimum Gasteiger partial charge on any atom is -0.385 e. The molecule has 0 amide bonds. The van der Waals surface area contributed by atoms with Crippen molar-refractivity contribution in [1.29, 1.82) is 0 Å². The Morgan fingerprint density at radius 2 is 1.81 bits per heavy atom. The Morgan fingerprint density at radius 3 is 2.46 bits per heavy atom. The topological polar surface area (TPSA) is 58.1 Å². The lowest BCUT2D eigenvalue weighted by Gasteiger charge is -2.48. The largest absolute Gasteiger partial charge is 0.385 e. The first-order valence-electron chi connectivity index (χ1n) is 10.1. The molecule has 0 aromatic carbocycles. The molecule has 1 saturated carbocycles. The number of nitrogens with one attached hydrogen (secondary N) is 2. The maximum atomic E-state index is 5.57. The van der Waals surface area contributed by atoms with Gasteiger partial charge in [-0.1, -0.05) is 19.3 Å². The minimum absolute atomic E-state index is 0. The van der Waals surface area contributed by atoms with Crippen LogP contribution in [0.5, 0.6) is 0 Å². The summed E-state index contributed by atoms with van der Waals surface area (Å²) in [5.41, 5.74) is 0.276. The van der Waals surface area contributed by atoms with Gasteiger partial charge in [0.2, 0.25) is 0 Å². The number of nitrogens with zero attached hydrogens (tertiary/aromatic N) is 2. The molecule has 2 fully saturated rings. The van der Waals surface area contributed by atoms with Crippen LogP contribution in [0, 0.1) is 0 Å². The lowest BCUT2D eigenvalue weighted by molar-refractivity contribution is -0.0352. The van der Waals surface area contributed by atoms with Crippen molar-refractivity contribution in [2.24, 2.45) is 4.99 Å². The van der Waals surface area contributed by atoms with Crippen LogP contribution in [-0.2, 0) is 9.47 Å². The Labute approximate surface area is 176 Å². The third-order valence-corrected chi connectivity index (χ3v) is 5.59. The molecule has 0 spiro atoms. The van der Waals surface area contributed by atoms with Crippen LogP contribution in [0.4, 0.5) is 0 Å². The van der Waals surface area contributed by atoms with Crippen LogP contribution in [0.1, 0.15) is 51.4 Å². The van der Waals surface area contributed by atoms with Gasteiger partial charge in [0.05, 0.1) is 13.2 Å². The van der Waals surface area contributed by atoms with Gasteiger partial charge >= 0.3 is 0 Å². The Morgan fingerprint density at radius 1 is 1.08 bits per heavy atom. The molecule has 0 unspecified atom stereocenters. The Hall–Kier alpha value is -0.120. The average molecular weight is 482 g/mol. The highest BCUT2D eigenvalue weighted by atomic mass is 127. The number of hydrogen-bond donors (Lipinski definition) is 2. The highest BCUT2D eigenvalue weighted by Gasteiger charge is 2.38. The van der Waals surface area contributed by atoms with Crippen LogP contribution >= 0.6 is 24.0 Å². The van der Waals surface area contributed by atoms with Crippen LogP contribution in [-0.4, -0.2) is 76.6 Å². The number of hydrogen-bond acceptors (Lipinski definition) is 4. The summed E-state index contributed by atoms with van der Waals surface area (Å²) in [5.74, 6) is 0.935. The van der Waals surface area contributed by atoms with E-state index >= 15 is 0 Å². The summed E-state index contributed by atoms with van der Waals surface area (Å²) >= 11 is 0. The van der Waals surface area contributed by atoms with Crippen LogP contribution in [0.2, 0.25) is 0 Å². The summed E-state index contributed by atoms with van der Waals surface area (Å²) in [6.07, 6.45) is 10.1. The van der Waals surface area contributed by atoms with E-state index in [1.165, 1.54) is 38.5 Å². The second-order valence-corrected chi connectivity index (χ2v) is 7.29. The molecule has 1 saturated heterocycles. The van der Waals surface area contributed by atoms with Crippen molar-refractivity contribution in [3.63, 3.8) is 0 Å². The summed E-state index contributed by atoms with van der Waals surface area (Å²) in [4.78, 5) is 7.08. The molecule has 154 valence electrons. The molecule has 1 aliphatic heterocycles. The highest BCUT2D eigenvalue weighted by molar-refractivity contribution is 14.0.